The van der Waals surface area contributed by atoms with Crippen molar-refractivity contribution in [2.45, 2.75) is 59.4 Å². The molecular weight excluding hydrogens is 258 g/mol. The Bertz CT molecular complexity index is 395. The summed E-state index contributed by atoms with van der Waals surface area (Å²) in [7, 11) is 0. The molecule has 1 atom stereocenters. The zero-order valence-electron chi connectivity index (χ0n) is 14.5. The number of hydrogen-bond acceptors (Lipinski definition) is 2. The van der Waals surface area contributed by atoms with E-state index in [1.54, 1.807) is 0 Å². The van der Waals surface area contributed by atoms with Gasteiger partial charge in [-0.25, -0.2) is 0 Å². The molecule has 0 aliphatic carbocycles. The van der Waals surface area contributed by atoms with Crippen LogP contribution >= 0.6 is 0 Å². The van der Waals surface area contributed by atoms with E-state index in [0.29, 0.717) is 5.92 Å². The van der Waals surface area contributed by atoms with Crippen molar-refractivity contribution >= 4 is 0 Å². The van der Waals surface area contributed by atoms with Crippen molar-refractivity contribution in [3.8, 4) is 0 Å². The van der Waals surface area contributed by atoms with Crippen molar-refractivity contribution in [1.82, 2.24) is 5.32 Å². The molecule has 1 N–H and O–H groups in total. The fourth-order valence-electron chi connectivity index (χ4n) is 2.40. The average molecular weight is 291 g/mol. The SMILES string of the molecule is CCCOCCC(CNC(C)(C)C)Cc1cccc(C)c1. The molecule has 0 saturated heterocycles. The number of aryl methyl sites for hydroxylation is 1. The molecule has 1 aromatic rings. The number of hydrogen-bond donors (Lipinski definition) is 1. The van der Waals surface area contributed by atoms with Crippen molar-refractivity contribution < 1.29 is 4.74 Å². The molecule has 0 aromatic heterocycles. The highest BCUT2D eigenvalue weighted by molar-refractivity contribution is 5.22. The van der Waals surface area contributed by atoms with E-state index < -0.39 is 0 Å². The summed E-state index contributed by atoms with van der Waals surface area (Å²) in [5.74, 6) is 0.628. The van der Waals surface area contributed by atoms with Crippen LogP contribution in [-0.4, -0.2) is 25.3 Å². The van der Waals surface area contributed by atoms with Gasteiger partial charge >= 0.3 is 0 Å². The van der Waals surface area contributed by atoms with E-state index >= 15 is 0 Å². The summed E-state index contributed by atoms with van der Waals surface area (Å²) in [6.45, 7) is 13.8. The topological polar surface area (TPSA) is 21.3 Å². The van der Waals surface area contributed by atoms with Gasteiger partial charge in [0.1, 0.15) is 0 Å². The van der Waals surface area contributed by atoms with Crippen molar-refractivity contribution in [2.24, 2.45) is 5.92 Å². The molecule has 0 spiro atoms. The Morgan fingerprint density at radius 3 is 2.57 bits per heavy atom. The van der Waals surface area contributed by atoms with Gasteiger partial charge in [0.25, 0.3) is 0 Å². The lowest BCUT2D eigenvalue weighted by atomic mass is 9.94. The van der Waals surface area contributed by atoms with Crippen LogP contribution in [0, 0.1) is 12.8 Å². The quantitative estimate of drug-likeness (QED) is 0.683. The maximum absolute atomic E-state index is 5.68. The van der Waals surface area contributed by atoms with Gasteiger partial charge in [-0.2, -0.15) is 0 Å². The Morgan fingerprint density at radius 1 is 1.19 bits per heavy atom. The van der Waals surface area contributed by atoms with Crippen LogP contribution in [0.3, 0.4) is 0 Å². The maximum Gasteiger partial charge on any atom is 0.0469 e. The Hall–Kier alpha value is -0.860. The van der Waals surface area contributed by atoms with Crippen LogP contribution in [0.4, 0.5) is 0 Å². The van der Waals surface area contributed by atoms with Gasteiger partial charge in [0.15, 0.2) is 0 Å². The minimum absolute atomic E-state index is 0.176. The molecule has 0 radical (unpaired) electrons. The van der Waals surface area contributed by atoms with E-state index in [1.165, 1.54) is 11.1 Å². The normalized spacial score (nSPS) is 13.4. The minimum atomic E-state index is 0.176. The van der Waals surface area contributed by atoms with Gasteiger partial charge in [0.2, 0.25) is 0 Å². The first-order chi connectivity index (χ1) is 9.90. The molecular formula is C19H33NO. The van der Waals surface area contributed by atoms with Gasteiger partial charge in [-0.05, 0) is 65.0 Å². The first kappa shape index (κ1) is 18.2. The van der Waals surface area contributed by atoms with Gasteiger partial charge in [-0.15, -0.1) is 0 Å². The summed E-state index contributed by atoms with van der Waals surface area (Å²) in [6.07, 6.45) is 3.35. The predicted octanol–water partition coefficient (Wildman–Crippen LogP) is 4.36. The standard InChI is InChI=1S/C19H33NO/c1-6-11-21-12-10-18(15-20-19(3,4)5)14-17-9-7-8-16(2)13-17/h7-9,13,18,20H,6,10-12,14-15H2,1-5H3. The van der Waals surface area contributed by atoms with Gasteiger partial charge in [0, 0.05) is 18.8 Å². The second-order valence-electron chi connectivity index (χ2n) is 7.09. The second kappa shape index (κ2) is 9.22. The summed E-state index contributed by atoms with van der Waals surface area (Å²) < 4.78 is 5.68. The number of nitrogens with one attached hydrogen (secondary N) is 1. The third-order valence-corrected chi connectivity index (χ3v) is 3.55. The fraction of sp³-hybridized carbons (Fsp3) is 0.684. The van der Waals surface area contributed by atoms with Crippen LogP contribution in [0.5, 0.6) is 0 Å². The highest BCUT2D eigenvalue weighted by Gasteiger charge is 2.15. The fourth-order valence-corrected chi connectivity index (χ4v) is 2.40. The summed E-state index contributed by atoms with van der Waals surface area (Å²) in [6, 6.07) is 8.86. The first-order valence-corrected chi connectivity index (χ1v) is 8.29. The lowest BCUT2D eigenvalue weighted by Gasteiger charge is -2.25. The second-order valence-corrected chi connectivity index (χ2v) is 7.09. The van der Waals surface area contributed by atoms with E-state index in [0.717, 1.165) is 39.0 Å². The smallest absolute Gasteiger partial charge is 0.0469 e. The van der Waals surface area contributed by atoms with Crippen LogP contribution in [0.1, 0.15) is 51.7 Å². The molecule has 120 valence electrons. The van der Waals surface area contributed by atoms with Crippen LogP contribution < -0.4 is 5.32 Å². The molecule has 0 bridgehead atoms. The highest BCUT2D eigenvalue weighted by Crippen LogP contribution is 2.15. The Morgan fingerprint density at radius 2 is 1.95 bits per heavy atom. The zero-order valence-corrected chi connectivity index (χ0v) is 14.5. The lowest BCUT2D eigenvalue weighted by Crippen LogP contribution is -2.39. The minimum Gasteiger partial charge on any atom is -0.381 e. The molecule has 21 heavy (non-hydrogen) atoms. The van der Waals surface area contributed by atoms with Crippen LogP contribution in [0.2, 0.25) is 0 Å². The maximum atomic E-state index is 5.68. The number of rotatable bonds is 9. The Kier molecular flexibility index (Phi) is 7.98. The first-order valence-electron chi connectivity index (χ1n) is 8.29. The molecule has 1 unspecified atom stereocenters. The van der Waals surface area contributed by atoms with E-state index in [-0.39, 0.29) is 5.54 Å². The molecule has 1 aromatic carbocycles. The van der Waals surface area contributed by atoms with Crippen LogP contribution in [-0.2, 0) is 11.2 Å². The largest absolute Gasteiger partial charge is 0.381 e. The van der Waals surface area contributed by atoms with E-state index in [9.17, 15) is 0 Å². The van der Waals surface area contributed by atoms with Gasteiger partial charge in [-0.3, -0.25) is 0 Å². The molecule has 2 heteroatoms. The third-order valence-electron chi connectivity index (χ3n) is 3.55. The Labute approximate surface area is 131 Å². The molecule has 0 saturated carbocycles. The lowest BCUT2D eigenvalue weighted by molar-refractivity contribution is 0.119. The number of ether oxygens (including phenoxy) is 1. The van der Waals surface area contributed by atoms with Gasteiger partial charge < -0.3 is 10.1 Å². The van der Waals surface area contributed by atoms with E-state index in [2.05, 4.69) is 64.2 Å². The van der Waals surface area contributed by atoms with Gasteiger partial charge in [0.05, 0.1) is 0 Å². The molecule has 0 fully saturated rings. The van der Waals surface area contributed by atoms with Crippen molar-refractivity contribution in [1.29, 1.82) is 0 Å². The molecule has 0 aliphatic heterocycles. The Balaban J connectivity index is 2.53. The van der Waals surface area contributed by atoms with Gasteiger partial charge in [-0.1, -0.05) is 36.8 Å². The highest BCUT2D eigenvalue weighted by atomic mass is 16.5. The summed E-state index contributed by atoms with van der Waals surface area (Å²) in [4.78, 5) is 0. The van der Waals surface area contributed by atoms with Crippen LogP contribution in [0.25, 0.3) is 0 Å². The molecule has 2 nitrogen and oxygen atoms in total. The molecule has 0 heterocycles. The monoisotopic (exact) mass is 291 g/mol. The average Bonchev–Trinajstić information content (AvgIpc) is 2.40. The molecule has 1 rings (SSSR count). The zero-order chi connectivity index (χ0) is 15.7. The summed E-state index contributed by atoms with van der Waals surface area (Å²) in [5.41, 5.74) is 2.96. The molecule has 0 amide bonds. The third kappa shape index (κ3) is 8.90. The predicted molar refractivity (Wildman–Crippen MR) is 91.9 cm³/mol. The van der Waals surface area contributed by atoms with E-state index in [1.807, 2.05) is 0 Å². The molecule has 0 aliphatic rings. The summed E-state index contributed by atoms with van der Waals surface area (Å²) >= 11 is 0. The summed E-state index contributed by atoms with van der Waals surface area (Å²) in [5, 5.41) is 3.64. The number of benzene rings is 1. The van der Waals surface area contributed by atoms with Crippen molar-refractivity contribution in [3.63, 3.8) is 0 Å². The van der Waals surface area contributed by atoms with Crippen LogP contribution in [0.15, 0.2) is 24.3 Å². The van der Waals surface area contributed by atoms with Crippen molar-refractivity contribution in [2.75, 3.05) is 19.8 Å². The van der Waals surface area contributed by atoms with E-state index in [4.69, 9.17) is 4.74 Å². The van der Waals surface area contributed by atoms with Crippen molar-refractivity contribution in [3.05, 3.63) is 35.4 Å².